The summed E-state index contributed by atoms with van der Waals surface area (Å²) >= 11 is 0. The summed E-state index contributed by atoms with van der Waals surface area (Å²) in [5.74, 6) is 2.38. The second-order valence-corrected chi connectivity index (χ2v) is 6.77. The van der Waals surface area contributed by atoms with Crippen LogP contribution in [0.25, 0.3) is 0 Å². The molecule has 1 atom stereocenters. The van der Waals surface area contributed by atoms with Crippen LogP contribution < -0.4 is 14.8 Å². The number of nitrogens with one attached hydrogen (secondary N) is 1. The predicted octanol–water partition coefficient (Wildman–Crippen LogP) is 3.41. The van der Waals surface area contributed by atoms with E-state index in [-0.39, 0.29) is 5.54 Å². The van der Waals surface area contributed by atoms with E-state index < -0.39 is 0 Å². The molecule has 0 saturated carbocycles. The Kier molecular flexibility index (Phi) is 4.92. The summed E-state index contributed by atoms with van der Waals surface area (Å²) in [7, 11) is 0. The minimum absolute atomic E-state index is 0.180. The quantitative estimate of drug-likeness (QED) is 0.915. The van der Waals surface area contributed by atoms with Crippen molar-refractivity contribution in [3.8, 4) is 11.5 Å². The summed E-state index contributed by atoms with van der Waals surface area (Å²) in [6.07, 6.45) is 2.01. The van der Waals surface area contributed by atoms with Crippen molar-refractivity contribution in [3.63, 3.8) is 0 Å². The van der Waals surface area contributed by atoms with Gasteiger partial charge in [-0.05, 0) is 57.4 Å². The zero-order valence-electron chi connectivity index (χ0n) is 13.2. The Balaban J connectivity index is 1.94. The first-order valence-electron chi connectivity index (χ1n) is 7.57. The van der Waals surface area contributed by atoms with Gasteiger partial charge in [-0.2, -0.15) is 0 Å². The molecule has 1 heterocycles. The van der Waals surface area contributed by atoms with Crippen molar-refractivity contribution in [2.45, 2.75) is 46.1 Å². The first kappa shape index (κ1) is 15.2. The highest BCUT2D eigenvalue weighted by molar-refractivity contribution is 5.43. The Bertz CT molecular complexity index is 437. The van der Waals surface area contributed by atoms with Gasteiger partial charge in [0.2, 0.25) is 0 Å². The molecule has 1 aromatic rings. The molecule has 0 bridgehead atoms. The third-order valence-electron chi connectivity index (χ3n) is 3.38. The van der Waals surface area contributed by atoms with Gasteiger partial charge in [0.05, 0.1) is 13.2 Å². The van der Waals surface area contributed by atoms with Gasteiger partial charge in [-0.15, -0.1) is 0 Å². The molecule has 0 radical (unpaired) electrons. The minimum Gasteiger partial charge on any atom is -0.490 e. The molecule has 20 heavy (non-hydrogen) atoms. The first-order valence-corrected chi connectivity index (χ1v) is 7.57. The van der Waals surface area contributed by atoms with E-state index in [0.717, 1.165) is 44.1 Å². The molecule has 0 saturated heterocycles. The lowest BCUT2D eigenvalue weighted by atomic mass is 9.99. The lowest BCUT2D eigenvalue weighted by Crippen LogP contribution is -2.39. The highest BCUT2D eigenvalue weighted by Crippen LogP contribution is 2.31. The number of hydrogen-bond acceptors (Lipinski definition) is 3. The van der Waals surface area contributed by atoms with Crippen LogP contribution in [0.5, 0.6) is 11.5 Å². The molecule has 0 aromatic heterocycles. The van der Waals surface area contributed by atoms with Gasteiger partial charge < -0.3 is 14.8 Å². The zero-order valence-corrected chi connectivity index (χ0v) is 13.2. The largest absolute Gasteiger partial charge is 0.490 e. The molecule has 0 spiro atoms. The molecule has 1 aliphatic heterocycles. The van der Waals surface area contributed by atoms with E-state index in [1.165, 1.54) is 5.56 Å². The average molecular weight is 277 g/mol. The van der Waals surface area contributed by atoms with Crippen LogP contribution in [0.2, 0.25) is 0 Å². The molecule has 1 unspecified atom stereocenters. The fourth-order valence-corrected chi connectivity index (χ4v) is 2.29. The van der Waals surface area contributed by atoms with Gasteiger partial charge in [-0.3, -0.25) is 0 Å². The van der Waals surface area contributed by atoms with E-state index in [9.17, 15) is 0 Å². The smallest absolute Gasteiger partial charge is 0.161 e. The van der Waals surface area contributed by atoms with Gasteiger partial charge >= 0.3 is 0 Å². The molecule has 0 amide bonds. The summed E-state index contributed by atoms with van der Waals surface area (Å²) in [6, 6.07) is 6.33. The zero-order chi connectivity index (χ0) is 14.6. The van der Waals surface area contributed by atoms with E-state index in [2.05, 4.69) is 45.1 Å². The Morgan fingerprint density at radius 3 is 2.55 bits per heavy atom. The minimum atomic E-state index is 0.180. The fraction of sp³-hybridized carbons (Fsp3) is 0.647. The van der Waals surface area contributed by atoms with Gasteiger partial charge in [0, 0.05) is 12.0 Å². The molecular formula is C17H27NO2. The van der Waals surface area contributed by atoms with Crippen LogP contribution in [0.4, 0.5) is 0 Å². The molecule has 112 valence electrons. The molecule has 2 rings (SSSR count). The van der Waals surface area contributed by atoms with Crippen LogP contribution in [-0.4, -0.2) is 25.3 Å². The van der Waals surface area contributed by atoms with Crippen LogP contribution in [0.15, 0.2) is 18.2 Å². The Labute approximate surface area is 122 Å². The third kappa shape index (κ3) is 4.71. The van der Waals surface area contributed by atoms with Gasteiger partial charge in [0.25, 0.3) is 0 Å². The average Bonchev–Trinajstić information content (AvgIpc) is 2.60. The predicted molar refractivity (Wildman–Crippen MR) is 82.7 cm³/mol. The summed E-state index contributed by atoms with van der Waals surface area (Å²) in [4.78, 5) is 0. The third-order valence-corrected chi connectivity index (χ3v) is 3.38. The van der Waals surface area contributed by atoms with E-state index in [0.29, 0.717) is 5.92 Å². The van der Waals surface area contributed by atoms with Crippen LogP contribution in [-0.2, 0) is 6.42 Å². The van der Waals surface area contributed by atoms with Gasteiger partial charge in [0.15, 0.2) is 11.5 Å². The number of hydrogen-bond donors (Lipinski definition) is 1. The molecule has 1 aromatic carbocycles. The number of ether oxygens (including phenoxy) is 2. The second kappa shape index (κ2) is 6.49. The van der Waals surface area contributed by atoms with Gasteiger partial charge in [-0.25, -0.2) is 0 Å². The molecule has 0 aliphatic carbocycles. The van der Waals surface area contributed by atoms with Crippen molar-refractivity contribution >= 4 is 0 Å². The lowest BCUT2D eigenvalue weighted by molar-refractivity contribution is 0.297. The van der Waals surface area contributed by atoms with Crippen molar-refractivity contribution in [3.05, 3.63) is 23.8 Å². The first-order chi connectivity index (χ1) is 9.44. The van der Waals surface area contributed by atoms with Crippen molar-refractivity contribution in [1.82, 2.24) is 5.32 Å². The topological polar surface area (TPSA) is 30.5 Å². The number of rotatable bonds is 4. The van der Waals surface area contributed by atoms with E-state index in [4.69, 9.17) is 9.47 Å². The Morgan fingerprint density at radius 1 is 1.15 bits per heavy atom. The summed E-state index contributed by atoms with van der Waals surface area (Å²) in [6.45, 7) is 11.4. The monoisotopic (exact) mass is 277 g/mol. The number of fused-ring (bicyclic) bond motifs is 1. The SMILES string of the molecule is CC(CNC(C)(C)C)Cc1ccc2c(c1)OCCCO2. The summed E-state index contributed by atoms with van der Waals surface area (Å²) < 4.78 is 11.4. The summed E-state index contributed by atoms with van der Waals surface area (Å²) in [5, 5.41) is 3.56. The molecule has 0 fully saturated rings. The Hall–Kier alpha value is -1.22. The van der Waals surface area contributed by atoms with Gasteiger partial charge in [-0.1, -0.05) is 13.0 Å². The van der Waals surface area contributed by atoms with Crippen molar-refractivity contribution in [2.24, 2.45) is 5.92 Å². The highest BCUT2D eigenvalue weighted by Gasteiger charge is 2.14. The van der Waals surface area contributed by atoms with Crippen LogP contribution in [0.1, 0.15) is 39.7 Å². The summed E-state index contributed by atoms with van der Waals surface area (Å²) in [5.41, 5.74) is 1.50. The van der Waals surface area contributed by atoms with Crippen LogP contribution in [0.3, 0.4) is 0 Å². The lowest BCUT2D eigenvalue weighted by Gasteiger charge is -2.23. The number of benzene rings is 1. The van der Waals surface area contributed by atoms with Crippen molar-refractivity contribution < 1.29 is 9.47 Å². The maximum absolute atomic E-state index is 5.74. The molecule has 1 N–H and O–H groups in total. The Morgan fingerprint density at radius 2 is 1.85 bits per heavy atom. The van der Waals surface area contributed by atoms with Crippen LogP contribution >= 0.6 is 0 Å². The molecule has 3 nitrogen and oxygen atoms in total. The molecule has 1 aliphatic rings. The maximum atomic E-state index is 5.74. The normalized spacial score (nSPS) is 16.6. The van der Waals surface area contributed by atoms with Gasteiger partial charge in [0.1, 0.15) is 0 Å². The van der Waals surface area contributed by atoms with E-state index in [1.54, 1.807) is 0 Å². The second-order valence-electron chi connectivity index (χ2n) is 6.77. The van der Waals surface area contributed by atoms with Crippen molar-refractivity contribution in [2.75, 3.05) is 19.8 Å². The molecule has 3 heteroatoms. The van der Waals surface area contributed by atoms with E-state index in [1.807, 2.05) is 6.07 Å². The maximum Gasteiger partial charge on any atom is 0.161 e. The molecular weight excluding hydrogens is 250 g/mol. The van der Waals surface area contributed by atoms with E-state index >= 15 is 0 Å². The van der Waals surface area contributed by atoms with Crippen molar-refractivity contribution in [1.29, 1.82) is 0 Å². The standard InChI is InChI=1S/C17H27NO2/c1-13(12-18-17(2,3)4)10-14-6-7-15-16(11-14)20-9-5-8-19-15/h6-7,11,13,18H,5,8-10,12H2,1-4H3. The highest BCUT2D eigenvalue weighted by atomic mass is 16.5. The van der Waals surface area contributed by atoms with Crippen LogP contribution in [0, 0.1) is 5.92 Å². The fourth-order valence-electron chi connectivity index (χ4n) is 2.29.